The lowest BCUT2D eigenvalue weighted by molar-refractivity contribution is 0.0902. The molecule has 128 valence electrons. The summed E-state index contributed by atoms with van der Waals surface area (Å²) < 4.78 is 13.6. The number of aromatic nitrogens is 3. The van der Waals surface area contributed by atoms with E-state index >= 15 is 0 Å². The third-order valence-corrected chi connectivity index (χ3v) is 4.11. The molecule has 1 aromatic carbocycles. The van der Waals surface area contributed by atoms with Gasteiger partial charge in [0.05, 0.1) is 5.69 Å². The molecule has 0 aliphatic carbocycles. The van der Waals surface area contributed by atoms with Crippen LogP contribution >= 0.6 is 0 Å². The number of nitrogens with one attached hydrogen (secondary N) is 1. The molecule has 0 fully saturated rings. The summed E-state index contributed by atoms with van der Waals surface area (Å²) in [5, 5.41) is 8.02. The molecule has 4 rings (SSSR count). The van der Waals surface area contributed by atoms with E-state index in [9.17, 15) is 0 Å². The second-order valence-electron chi connectivity index (χ2n) is 6.04. The zero-order valence-corrected chi connectivity index (χ0v) is 14.1. The van der Waals surface area contributed by atoms with Gasteiger partial charge >= 0.3 is 0 Å². The van der Waals surface area contributed by atoms with Gasteiger partial charge in [-0.25, -0.2) is 0 Å². The molecular formula is C19H20N4O2. The van der Waals surface area contributed by atoms with E-state index in [0.717, 1.165) is 28.3 Å². The molecule has 1 aliphatic rings. The lowest BCUT2D eigenvalue weighted by Gasteiger charge is -2.26. The Morgan fingerprint density at radius 1 is 1.16 bits per heavy atom. The summed E-state index contributed by atoms with van der Waals surface area (Å²) in [5.74, 6) is 1.62. The second-order valence-corrected chi connectivity index (χ2v) is 6.04. The van der Waals surface area contributed by atoms with Crippen LogP contribution in [0, 0.1) is 0 Å². The summed E-state index contributed by atoms with van der Waals surface area (Å²) in [5.41, 5.74) is 3.19. The Hall–Kier alpha value is -2.86. The maximum atomic E-state index is 5.97. The minimum Gasteiger partial charge on any atom is -0.486 e. The number of aryl methyl sites for hydroxylation is 1. The topological polar surface area (TPSA) is 61.2 Å². The highest BCUT2D eigenvalue weighted by atomic mass is 16.6. The van der Waals surface area contributed by atoms with Gasteiger partial charge in [-0.3, -0.25) is 9.67 Å². The van der Waals surface area contributed by atoms with Gasteiger partial charge in [0.25, 0.3) is 0 Å². The van der Waals surface area contributed by atoms with Crippen molar-refractivity contribution in [2.45, 2.75) is 12.6 Å². The average molecular weight is 336 g/mol. The standard InChI is InChI=1S/C19H20N4O2/c1-23-12-15(19(22-23)14-6-8-20-9-7-14)10-21-11-16-13-24-17-4-2-3-5-18(17)25-16/h2-9,12,16,21H,10-11,13H2,1H3/t16-/m0/s1. The summed E-state index contributed by atoms with van der Waals surface area (Å²) in [6.07, 6.45) is 5.60. The summed E-state index contributed by atoms with van der Waals surface area (Å²) in [6.45, 7) is 1.97. The number of pyridine rings is 1. The van der Waals surface area contributed by atoms with E-state index in [-0.39, 0.29) is 6.10 Å². The van der Waals surface area contributed by atoms with Crippen LogP contribution in [0.2, 0.25) is 0 Å². The van der Waals surface area contributed by atoms with Crippen molar-refractivity contribution in [2.24, 2.45) is 7.05 Å². The monoisotopic (exact) mass is 336 g/mol. The normalized spacial score (nSPS) is 16.0. The van der Waals surface area contributed by atoms with Gasteiger partial charge in [-0.05, 0) is 24.3 Å². The molecule has 2 aromatic heterocycles. The lowest BCUT2D eigenvalue weighted by Crippen LogP contribution is -2.38. The minimum absolute atomic E-state index is 0.00375. The number of benzene rings is 1. The predicted octanol–water partition coefficient (Wildman–Crippen LogP) is 2.41. The van der Waals surface area contributed by atoms with Crippen molar-refractivity contribution in [3.63, 3.8) is 0 Å². The fourth-order valence-electron chi connectivity index (χ4n) is 2.95. The molecule has 3 heterocycles. The van der Waals surface area contributed by atoms with E-state index in [4.69, 9.17) is 9.47 Å². The summed E-state index contributed by atoms with van der Waals surface area (Å²) in [4.78, 5) is 4.07. The Morgan fingerprint density at radius 2 is 1.96 bits per heavy atom. The summed E-state index contributed by atoms with van der Waals surface area (Å²) >= 11 is 0. The van der Waals surface area contributed by atoms with Crippen molar-refractivity contribution >= 4 is 0 Å². The van der Waals surface area contributed by atoms with Crippen LogP contribution in [0.15, 0.2) is 55.0 Å². The molecule has 0 saturated heterocycles. The van der Waals surface area contributed by atoms with E-state index in [1.54, 1.807) is 12.4 Å². The van der Waals surface area contributed by atoms with Gasteiger partial charge in [0.1, 0.15) is 12.7 Å². The Kier molecular flexibility index (Phi) is 4.35. The predicted molar refractivity (Wildman–Crippen MR) is 94.5 cm³/mol. The maximum absolute atomic E-state index is 5.97. The summed E-state index contributed by atoms with van der Waals surface area (Å²) in [7, 11) is 1.93. The molecule has 0 amide bonds. The van der Waals surface area contributed by atoms with Crippen LogP contribution in [0.5, 0.6) is 11.5 Å². The molecule has 1 atom stereocenters. The summed E-state index contributed by atoms with van der Waals surface area (Å²) in [6, 6.07) is 11.7. The lowest BCUT2D eigenvalue weighted by atomic mass is 10.1. The van der Waals surface area contributed by atoms with Gasteiger partial charge in [0.2, 0.25) is 0 Å². The molecule has 0 saturated carbocycles. The number of nitrogens with zero attached hydrogens (tertiary/aromatic N) is 3. The molecular weight excluding hydrogens is 316 g/mol. The highest BCUT2D eigenvalue weighted by Crippen LogP contribution is 2.30. The smallest absolute Gasteiger partial charge is 0.161 e. The highest BCUT2D eigenvalue weighted by Gasteiger charge is 2.20. The van der Waals surface area contributed by atoms with Crippen molar-refractivity contribution in [1.82, 2.24) is 20.1 Å². The van der Waals surface area contributed by atoms with Crippen molar-refractivity contribution in [2.75, 3.05) is 13.2 Å². The van der Waals surface area contributed by atoms with Crippen LogP contribution in [-0.4, -0.2) is 34.0 Å². The quantitative estimate of drug-likeness (QED) is 0.775. The molecule has 6 heteroatoms. The van der Waals surface area contributed by atoms with Crippen LogP contribution < -0.4 is 14.8 Å². The Labute approximate surface area is 146 Å². The van der Waals surface area contributed by atoms with Gasteiger partial charge < -0.3 is 14.8 Å². The molecule has 1 aliphatic heterocycles. The molecule has 0 spiro atoms. The van der Waals surface area contributed by atoms with Crippen molar-refractivity contribution in [3.05, 3.63) is 60.6 Å². The molecule has 6 nitrogen and oxygen atoms in total. The first-order chi connectivity index (χ1) is 12.3. The first kappa shape index (κ1) is 15.7. The van der Waals surface area contributed by atoms with Gasteiger partial charge in [-0.15, -0.1) is 0 Å². The van der Waals surface area contributed by atoms with Gasteiger partial charge in [-0.2, -0.15) is 5.10 Å². The van der Waals surface area contributed by atoms with Gasteiger partial charge in [-0.1, -0.05) is 12.1 Å². The molecule has 25 heavy (non-hydrogen) atoms. The number of rotatable bonds is 5. The van der Waals surface area contributed by atoms with Gasteiger partial charge in [0.15, 0.2) is 11.5 Å². The Balaban J connectivity index is 1.38. The average Bonchev–Trinajstić information content (AvgIpc) is 3.03. The fraction of sp³-hybridized carbons (Fsp3) is 0.263. The number of hydrogen-bond acceptors (Lipinski definition) is 5. The Bertz CT molecular complexity index is 848. The zero-order chi connectivity index (χ0) is 17.1. The fourth-order valence-corrected chi connectivity index (χ4v) is 2.95. The molecule has 1 N–H and O–H groups in total. The molecule has 0 radical (unpaired) electrons. The third-order valence-electron chi connectivity index (χ3n) is 4.11. The van der Waals surface area contributed by atoms with Crippen molar-refractivity contribution in [1.29, 1.82) is 0 Å². The van der Waals surface area contributed by atoms with Crippen LogP contribution in [-0.2, 0) is 13.6 Å². The van der Waals surface area contributed by atoms with Crippen LogP contribution in [0.3, 0.4) is 0 Å². The van der Waals surface area contributed by atoms with E-state index in [0.29, 0.717) is 19.7 Å². The molecule has 3 aromatic rings. The van der Waals surface area contributed by atoms with Crippen molar-refractivity contribution < 1.29 is 9.47 Å². The highest BCUT2D eigenvalue weighted by molar-refractivity contribution is 5.61. The van der Waals surface area contributed by atoms with Crippen LogP contribution in [0.25, 0.3) is 11.3 Å². The first-order valence-corrected chi connectivity index (χ1v) is 8.32. The van der Waals surface area contributed by atoms with Gasteiger partial charge in [0, 0.05) is 49.9 Å². The number of fused-ring (bicyclic) bond motifs is 1. The van der Waals surface area contributed by atoms with E-state index < -0.39 is 0 Å². The maximum Gasteiger partial charge on any atom is 0.161 e. The largest absolute Gasteiger partial charge is 0.486 e. The third kappa shape index (κ3) is 3.49. The van der Waals surface area contributed by atoms with Crippen LogP contribution in [0.4, 0.5) is 0 Å². The van der Waals surface area contributed by atoms with E-state index in [1.165, 1.54) is 0 Å². The number of hydrogen-bond donors (Lipinski definition) is 1. The van der Waals surface area contributed by atoms with Crippen molar-refractivity contribution in [3.8, 4) is 22.8 Å². The number of para-hydroxylation sites is 2. The Morgan fingerprint density at radius 3 is 2.80 bits per heavy atom. The number of ether oxygens (including phenoxy) is 2. The van der Waals surface area contributed by atoms with E-state index in [2.05, 4.69) is 15.4 Å². The minimum atomic E-state index is -0.00375. The molecule has 0 unspecified atom stereocenters. The SMILES string of the molecule is Cn1cc(CNC[C@H]2COc3ccccc3O2)c(-c2ccncc2)n1. The molecule has 0 bridgehead atoms. The van der Waals surface area contributed by atoms with Crippen LogP contribution in [0.1, 0.15) is 5.56 Å². The van der Waals surface area contributed by atoms with E-state index in [1.807, 2.05) is 54.3 Å². The first-order valence-electron chi connectivity index (χ1n) is 8.32. The zero-order valence-electron chi connectivity index (χ0n) is 14.1. The second kappa shape index (κ2) is 6.94.